The van der Waals surface area contributed by atoms with Gasteiger partial charge in [-0.3, -0.25) is 13.9 Å². The van der Waals surface area contributed by atoms with Crippen LogP contribution in [0, 0.1) is 0 Å². The summed E-state index contributed by atoms with van der Waals surface area (Å²) in [4.78, 5) is 13.3. The summed E-state index contributed by atoms with van der Waals surface area (Å²) in [5.74, 6) is 1.21. The molecule has 1 rings (SSSR count). The van der Waals surface area contributed by atoms with Gasteiger partial charge in [-0.25, -0.2) is 0 Å². The SMILES string of the molecule is CCCCOC(=O)CN1CCS(=O)CC1. The van der Waals surface area contributed by atoms with Crippen molar-refractivity contribution in [1.29, 1.82) is 0 Å². The molecule has 0 N–H and O–H groups in total. The fraction of sp³-hybridized carbons (Fsp3) is 0.900. The molecular formula is C10H19NO3S. The first kappa shape index (κ1) is 12.6. The maximum absolute atomic E-state index is 11.3. The number of esters is 1. The normalized spacial score (nSPS) is 19.0. The molecule has 0 aromatic carbocycles. The predicted molar refractivity (Wildman–Crippen MR) is 60.2 cm³/mol. The molecule has 15 heavy (non-hydrogen) atoms. The molecule has 0 atom stereocenters. The van der Waals surface area contributed by atoms with E-state index < -0.39 is 10.8 Å². The van der Waals surface area contributed by atoms with Crippen molar-refractivity contribution in [2.45, 2.75) is 19.8 Å². The molecule has 0 amide bonds. The van der Waals surface area contributed by atoms with Gasteiger partial charge in [-0.15, -0.1) is 0 Å². The number of rotatable bonds is 5. The summed E-state index contributed by atoms with van der Waals surface area (Å²) in [6.45, 7) is 4.43. The topological polar surface area (TPSA) is 46.6 Å². The summed E-state index contributed by atoms with van der Waals surface area (Å²) in [5.41, 5.74) is 0. The molecule has 4 nitrogen and oxygen atoms in total. The molecule has 0 radical (unpaired) electrons. The molecule has 0 aromatic rings. The lowest BCUT2D eigenvalue weighted by atomic mass is 10.4. The Balaban J connectivity index is 2.12. The maximum Gasteiger partial charge on any atom is 0.320 e. The molecular weight excluding hydrogens is 214 g/mol. The number of carbonyl (C=O) groups excluding carboxylic acids is 1. The van der Waals surface area contributed by atoms with Crippen LogP contribution in [-0.4, -0.2) is 52.8 Å². The molecule has 0 aliphatic carbocycles. The third-order valence-corrected chi connectivity index (χ3v) is 3.66. The van der Waals surface area contributed by atoms with Gasteiger partial charge in [0, 0.05) is 35.4 Å². The fourth-order valence-electron chi connectivity index (χ4n) is 1.39. The second-order valence-corrected chi connectivity index (χ2v) is 5.39. The van der Waals surface area contributed by atoms with E-state index >= 15 is 0 Å². The van der Waals surface area contributed by atoms with Gasteiger partial charge in [0.05, 0.1) is 13.2 Å². The zero-order valence-corrected chi connectivity index (χ0v) is 10.1. The summed E-state index contributed by atoms with van der Waals surface area (Å²) in [6, 6.07) is 0. The van der Waals surface area contributed by atoms with Crippen LogP contribution < -0.4 is 0 Å². The van der Waals surface area contributed by atoms with E-state index in [-0.39, 0.29) is 5.97 Å². The average molecular weight is 233 g/mol. The smallest absolute Gasteiger partial charge is 0.320 e. The Bertz CT molecular complexity index is 223. The zero-order valence-electron chi connectivity index (χ0n) is 9.24. The Morgan fingerprint density at radius 3 is 2.67 bits per heavy atom. The van der Waals surface area contributed by atoms with E-state index in [0.717, 1.165) is 25.9 Å². The molecule has 1 fully saturated rings. The summed E-state index contributed by atoms with van der Waals surface area (Å²) in [6.07, 6.45) is 1.96. The predicted octanol–water partition coefficient (Wildman–Crippen LogP) is 0.394. The molecule has 0 aromatic heterocycles. The maximum atomic E-state index is 11.3. The van der Waals surface area contributed by atoms with Gasteiger partial charge in [0.25, 0.3) is 0 Å². The molecule has 88 valence electrons. The highest BCUT2D eigenvalue weighted by Crippen LogP contribution is 2.00. The molecule has 0 saturated carbocycles. The Labute approximate surface area is 93.4 Å². The lowest BCUT2D eigenvalue weighted by Crippen LogP contribution is -2.41. The second-order valence-electron chi connectivity index (χ2n) is 3.70. The number of hydrogen-bond acceptors (Lipinski definition) is 4. The van der Waals surface area contributed by atoms with Crippen LogP contribution >= 0.6 is 0 Å². The first-order chi connectivity index (χ1) is 7.22. The van der Waals surface area contributed by atoms with Crippen LogP contribution in [0.4, 0.5) is 0 Å². The molecule has 0 unspecified atom stereocenters. The summed E-state index contributed by atoms with van der Waals surface area (Å²) in [7, 11) is -0.676. The van der Waals surface area contributed by atoms with E-state index in [0.29, 0.717) is 24.7 Å². The van der Waals surface area contributed by atoms with Crippen LogP contribution in [0.25, 0.3) is 0 Å². The van der Waals surface area contributed by atoms with Crippen molar-refractivity contribution >= 4 is 16.8 Å². The van der Waals surface area contributed by atoms with E-state index in [1.807, 2.05) is 4.90 Å². The minimum atomic E-state index is -0.676. The lowest BCUT2D eigenvalue weighted by Gasteiger charge is -2.24. The Hall–Kier alpha value is -0.420. The number of hydrogen-bond donors (Lipinski definition) is 0. The minimum Gasteiger partial charge on any atom is -0.465 e. The Kier molecular flexibility index (Phi) is 5.86. The fourth-order valence-corrected chi connectivity index (χ4v) is 2.52. The highest BCUT2D eigenvalue weighted by atomic mass is 32.2. The van der Waals surface area contributed by atoms with Crippen LogP contribution in [0.15, 0.2) is 0 Å². The van der Waals surface area contributed by atoms with Gasteiger partial charge in [0.1, 0.15) is 0 Å². The van der Waals surface area contributed by atoms with Crippen molar-refractivity contribution in [2.75, 3.05) is 37.7 Å². The quantitative estimate of drug-likeness (QED) is 0.509. The van der Waals surface area contributed by atoms with Crippen molar-refractivity contribution in [1.82, 2.24) is 4.90 Å². The number of carbonyl (C=O) groups is 1. The molecule has 0 spiro atoms. The standard InChI is InChI=1S/C10H19NO3S/c1-2-3-6-14-10(12)9-11-4-7-15(13)8-5-11/h2-9H2,1H3. The molecule has 0 bridgehead atoms. The van der Waals surface area contributed by atoms with Crippen molar-refractivity contribution < 1.29 is 13.7 Å². The third kappa shape index (κ3) is 5.28. The first-order valence-electron chi connectivity index (χ1n) is 5.45. The highest BCUT2D eigenvalue weighted by molar-refractivity contribution is 7.85. The third-order valence-electron chi connectivity index (χ3n) is 2.38. The average Bonchev–Trinajstić information content (AvgIpc) is 2.22. The van der Waals surface area contributed by atoms with Crippen LogP contribution in [0.3, 0.4) is 0 Å². The van der Waals surface area contributed by atoms with Crippen molar-refractivity contribution in [3.63, 3.8) is 0 Å². The highest BCUT2D eigenvalue weighted by Gasteiger charge is 2.17. The minimum absolute atomic E-state index is 0.156. The summed E-state index contributed by atoms with van der Waals surface area (Å²) in [5, 5.41) is 0. The molecule has 1 aliphatic heterocycles. The number of ether oxygens (including phenoxy) is 1. The zero-order chi connectivity index (χ0) is 11.1. The van der Waals surface area contributed by atoms with E-state index in [1.54, 1.807) is 0 Å². The van der Waals surface area contributed by atoms with Gasteiger partial charge in [0.15, 0.2) is 0 Å². The lowest BCUT2D eigenvalue weighted by molar-refractivity contribution is -0.145. The first-order valence-corrected chi connectivity index (χ1v) is 6.94. The van der Waals surface area contributed by atoms with Crippen molar-refractivity contribution in [3.8, 4) is 0 Å². The van der Waals surface area contributed by atoms with E-state index in [1.165, 1.54) is 0 Å². The van der Waals surface area contributed by atoms with Crippen LogP contribution in [0.5, 0.6) is 0 Å². The van der Waals surface area contributed by atoms with Crippen molar-refractivity contribution in [2.24, 2.45) is 0 Å². The second kappa shape index (κ2) is 6.95. The van der Waals surface area contributed by atoms with Crippen LogP contribution in [0.2, 0.25) is 0 Å². The van der Waals surface area contributed by atoms with Gasteiger partial charge in [-0.1, -0.05) is 13.3 Å². The largest absolute Gasteiger partial charge is 0.465 e. The monoisotopic (exact) mass is 233 g/mol. The van der Waals surface area contributed by atoms with E-state index in [2.05, 4.69) is 6.92 Å². The van der Waals surface area contributed by atoms with E-state index in [9.17, 15) is 9.00 Å². The molecule has 1 saturated heterocycles. The van der Waals surface area contributed by atoms with Gasteiger partial charge in [-0.05, 0) is 6.42 Å². The Morgan fingerprint density at radius 2 is 2.07 bits per heavy atom. The number of nitrogens with zero attached hydrogens (tertiary/aromatic N) is 1. The van der Waals surface area contributed by atoms with Crippen LogP contribution in [-0.2, 0) is 20.3 Å². The summed E-state index contributed by atoms with van der Waals surface area (Å²) >= 11 is 0. The van der Waals surface area contributed by atoms with Crippen molar-refractivity contribution in [3.05, 3.63) is 0 Å². The Morgan fingerprint density at radius 1 is 1.40 bits per heavy atom. The van der Waals surface area contributed by atoms with Gasteiger partial charge < -0.3 is 4.74 Å². The molecule has 1 aliphatic rings. The molecule has 5 heteroatoms. The van der Waals surface area contributed by atoms with Gasteiger partial charge in [0.2, 0.25) is 0 Å². The summed E-state index contributed by atoms with van der Waals surface area (Å²) < 4.78 is 16.1. The van der Waals surface area contributed by atoms with Gasteiger partial charge in [-0.2, -0.15) is 0 Å². The molecule has 1 heterocycles. The van der Waals surface area contributed by atoms with Crippen LogP contribution in [0.1, 0.15) is 19.8 Å². The van der Waals surface area contributed by atoms with E-state index in [4.69, 9.17) is 4.74 Å². The van der Waals surface area contributed by atoms with Gasteiger partial charge >= 0.3 is 5.97 Å². The number of unbranched alkanes of at least 4 members (excludes halogenated alkanes) is 1.